The predicted molar refractivity (Wildman–Crippen MR) is 79.1 cm³/mol. The first-order chi connectivity index (χ1) is 10.2. The lowest BCUT2D eigenvalue weighted by Gasteiger charge is -2.05. The van der Waals surface area contributed by atoms with Gasteiger partial charge in [0.2, 0.25) is 0 Å². The second-order valence-electron chi connectivity index (χ2n) is 4.27. The molecule has 1 N–H and O–H groups in total. The smallest absolute Gasteiger partial charge is 0.255 e. The van der Waals surface area contributed by atoms with Gasteiger partial charge in [-0.3, -0.25) is 4.79 Å². The SMILES string of the molecule is O=C(Nc1ccc(Cl)nc1)c1ccc(-c2cnco2)cc1. The summed E-state index contributed by atoms with van der Waals surface area (Å²) in [7, 11) is 0. The molecule has 21 heavy (non-hydrogen) atoms. The van der Waals surface area contributed by atoms with Crippen molar-refractivity contribution in [2.75, 3.05) is 5.32 Å². The number of benzene rings is 1. The van der Waals surface area contributed by atoms with Gasteiger partial charge in [-0.15, -0.1) is 0 Å². The topological polar surface area (TPSA) is 68.0 Å². The molecule has 0 saturated carbocycles. The average molecular weight is 300 g/mol. The minimum Gasteiger partial charge on any atom is -0.444 e. The van der Waals surface area contributed by atoms with E-state index in [1.165, 1.54) is 12.6 Å². The Morgan fingerprint density at radius 1 is 1.10 bits per heavy atom. The molecular formula is C15H10ClN3O2. The number of hydrogen-bond donors (Lipinski definition) is 1. The highest BCUT2D eigenvalue weighted by molar-refractivity contribution is 6.29. The van der Waals surface area contributed by atoms with Crippen LogP contribution in [0.5, 0.6) is 0 Å². The Kier molecular flexibility index (Phi) is 3.66. The van der Waals surface area contributed by atoms with Crippen LogP contribution in [0.1, 0.15) is 10.4 Å². The van der Waals surface area contributed by atoms with Gasteiger partial charge in [-0.05, 0) is 24.3 Å². The molecule has 2 heterocycles. The van der Waals surface area contributed by atoms with Crippen LogP contribution in [0.25, 0.3) is 11.3 Å². The van der Waals surface area contributed by atoms with Crippen molar-refractivity contribution in [3.63, 3.8) is 0 Å². The van der Waals surface area contributed by atoms with Gasteiger partial charge in [0, 0.05) is 11.1 Å². The van der Waals surface area contributed by atoms with Crippen molar-refractivity contribution in [1.29, 1.82) is 0 Å². The number of halogens is 1. The number of carbonyl (C=O) groups is 1. The van der Waals surface area contributed by atoms with Crippen LogP contribution >= 0.6 is 11.6 Å². The van der Waals surface area contributed by atoms with Crippen LogP contribution in [0.4, 0.5) is 5.69 Å². The van der Waals surface area contributed by atoms with E-state index < -0.39 is 0 Å². The summed E-state index contributed by atoms with van der Waals surface area (Å²) in [4.78, 5) is 19.8. The Labute approximate surface area is 125 Å². The molecule has 0 spiro atoms. The molecule has 6 heteroatoms. The van der Waals surface area contributed by atoms with Crippen molar-refractivity contribution in [3.8, 4) is 11.3 Å². The van der Waals surface area contributed by atoms with Gasteiger partial charge < -0.3 is 9.73 Å². The average Bonchev–Trinajstić information content (AvgIpc) is 3.04. The monoisotopic (exact) mass is 299 g/mol. The summed E-state index contributed by atoms with van der Waals surface area (Å²) in [6.45, 7) is 0. The number of nitrogens with one attached hydrogen (secondary N) is 1. The minimum absolute atomic E-state index is 0.219. The first-order valence-corrected chi connectivity index (χ1v) is 6.52. The van der Waals surface area contributed by atoms with Crippen molar-refractivity contribution < 1.29 is 9.21 Å². The largest absolute Gasteiger partial charge is 0.444 e. The lowest BCUT2D eigenvalue weighted by Crippen LogP contribution is -2.11. The lowest BCUT2D eigenvalue weighted by atomic mass is 10.1. The van der Waals surface area contributed by atoms with E-state index in [0.717, 1.165) is 5.56 Å². The van der Waals surface area contributed by atoms with Crippen molar-refractivity contribution in [2.45, 2.75) is 0 Å². The molecule has 1 aromatic carbocycles. The normalized spacial score (nSPS) is 10.3. The summed E-state index contributed by atoms with van der Waals surface area (Å²) in [5.41, 5.74) is 1.98. The van der Waals surface area contributed by atoms with Crippen LogP contribution in [0.15, 0.2) is 59.6 Å². The Bertz CT molecular complexity index is 738. The quantitative estimate of drug-likeness (QED) is 0.750. The first-order valence-electron chi connectivity index (χ1n) is 6.14. The molecule has 0 unspecified atom stereocenters. The van der Waals surface area contributed by atoms with E-state index in [1.807, 2.05) is 0 Å². The molecule has 3 aromatic rings. The van der Waals surface area contributed by atoms with Crippen LogP contribution in [0.3, 0.4) is 0 Å². The summed E-state index contributed by atoms with van der Waals surface area (Å²) >= 11 is 5.69. The summed E-state index contributed by atoms with van der Waals surface area (Å²) in [5, 5.41) is 3.12. The zero-order chi connectivity index (χ0) is 14.7. The Hall–Kier alpha value is -2.66. The zero-order valence-electron chi connectivity index (χ0n) is 10.8. The molecule has 5 nitrogen and oxygen atoms in total. The van der Waals surface area contributed by atoms with Crippen molar-refractivity contribution in [1.82, 2.24) is 9.97 Å². The fourth-order valence-corrected chi connectivity index (χ4v) is 1.91. The number of pyridine rings is 1. The third kappa shape index (κ3) is 3.09. The summed E-state index contributed by atoms with van der Waals surface area (Å²) in [5.74, 6) is 0.437. The van der Waals surface area contributed by atoms with Crippen LogP contribution in [0, 0.1) is 0 Å². The molecule has 0 bridgehead atoms. The number of oxazole rings is 1. The predicted octanol–water partition coefficient (Wildman–Crippen LogP) is 3.64. The highest BCUT2D eigenvalue weighted by atomic mass is 35.5. The molecule has 1 amide bonds. The second kappa shape index (κ2) is 5.76. The van der Waals surface area contributed by atoms with E-state index in [2.05, 4.69) is 15.3 Å². The molecule has 0 aliphatic carbocycles. The molecular weight excluding hydrogens is 290 g/mol. The van der Waals surface area contributed by atoms with Gasteiger partial charge in [0.25, 0.3) is 5.91 Å². The number of rotatable bonds is 3. The van der Waals surface area contributed by atoms with E-state index in [0.29, 0.717) is 22.2 Å². The Balaban J connectivity index is 1.74. The van der Waals surface area contributed by atoms with Gasteiger partial charge in [-0.1, -0.05) is 23.7 Å². The highest BCUT2D eigenvalue weighted by Gasteiger charge is 2.08. The van der Waals surface area contributed by atoms with Gasteiger partial charge in [0.05, 0.1) is 18.1 Å². The van der Waals surface area contributed by atoms with Gasteiger partial charge >= 0.3 is 0 Å². The number of nitrogens with zero attached hydrogens (tertiary/aromatic N) is 2. The summed E-state index contributed by atoms with van der Waals surface area (Å²) in [6, 6.07) is 10.3. The molecule has 104 valence electrons. The molecule has 0 aliphatic heterocycles. The second-order valence-corrected chi connectivity index (χ2v) is 4.65. The van der Waals surface area contributed by atoms with E-state index in [-0.39, 0.29) is 5.91 Å². The van der Waals surface area contributed by atoms with Crippen molar-refractivity contribution in [3.05, 3.63) is 65.9 Å². The molecule has 3 rings (SSSR count). The van der Waals surface area contributed by atoms with E-state index in [1.54, 1.807) is 42.6 Å². The number of aromatic nitrogens is 2. The minimum atomic E-state index is -0.219. The van der Waals surface area contributed by atoms with Crippen LogP contribution < -0.4 is 5.32 Å². The number of anilines is 1. The number of amides is 1. The maximum Gasteiger partial charge on any atom is 0.255 e. The Morgan fingerprint density at radius 2 is 1.90 bits per heavy atom. The third-order valence-corrected chi connectivity index (χ3v) is 3.07. The molecule has 2 aromatic heterocycles. The van der Waals surface area contributed by atoms with E-state index in [4.69, 9.17) is 16.0 Å². The third-order valence-electron chi connectivity index (χ3n) is 2.85. The number of hydrogen-bond acceptors (Lipinski definition) is 4. The maximum atomic E-state index is 12.1. The van der Waals surface area contributed by atoms with E-state index >= 15 is 0 Å². The van der Waals surface area contributed by atoms with Crippen LogP contribution in [-0.4, -0.2) is 15.9 Å². The van der Waals surface area contributed by atoms with Gasteiger partial charge in [0.15, 0.2) is 12.2 Å². The zero-order valence-corrected chi connectivity index (χ0v) is 11.5. The van der Waals surface area contributed by atoms with Crippen LogP contribution in [-0.2, 0) is 0 Å². The van der Waals surface area contributed by atoms with Crippen LogP contribution in [0.2, 0.25) is 5.15 Å². The molecule has 0 atom stereocenters. The van der Waals surface area contributed by atoms with E-state index in [9.17, 15) is 4.79 Å². The summed E-state index contributed by atoms with van der Waals surface area (Å²) in [6.07, 6.45) is 4.49. The standard InChI is InChI=1S/C15H10ClN3O2/c16-14-6-5-12(7-18-14)19-15(20)11-3-1-10(2-4-11)13-8-17-9-21-13/h1-9H,(H,19,20). The molecule has 0 saturated heterocycles. The number of carbonyl (C=O) groups excluding carboxylic acids is 1. The van der Waals surface area contributed by atoms with Gasteiger partial charge in [-0.25, -0.2) is 9.97 Å². The summed E-state index contributed by atoms with van der Waals surface area (Å²) < 4.78 is 5.19. The maximum absolute atomic E-state index is 12.1. The fourth-order valence-electron chi connectivity index (χ4n) is 1.80. The molecule has 0 radical (unpaired) electrons. The van der Waals surface area contributed by atoms with Crippen molar-refractivity contribution >= 4 is 23.2 Å². The fraction of sp³-hybridized carbons (Fsp3) is 0. The first kappa shape index (κ1) is 13.3. The highest BCUT2D eigenvalue weighted by Crippen LogP contribution is 2.19. The van der Waals surface area contributed by atoms with Crippen molar-refractivity contribution in [2.24, 2.45) is 0 Å². The lowest BCUT2D eigenvalue weighted by molar-refractivity contribution is 0.102. The Morgan fingerprint density at radius 3 is 2.52 bits per heavy atom. The van der Waals surface area contributed by atoms with Gasteiger partial charge in [0.1, 0.15) is 5.15 Å². The molecule has 0 fully saturated rings. The van der Waals surface area contributed by atoms with Gasteiger partial charge in [-0.2, -0.15) is 0 Å². The molecule has 0 aliphatic rings.